The van der Waals surface area contributed by atoms with Crippen LogP contribution in [0.1, 0.15) is 24.3 Å². The summed E-state index contributed by atoms with van der Waals surface area (Å²) in [7, 11) is 0. The van der Waals surface area contributed by atoms with E-state index in [4.69, 9.17) is 12.2 Å². The fraction of sp³-hybridized carbons (Fsp3) is 0.294. The predicted molar refractivity (Wildman–Crippen MR) is 103 cm³/mol. The van der Waals surface area contributed by atoms with E-state index in [9.17, 15) is 5.21 Å². The summed E-state index contributed by atoms with van der Waals surface area (Å²) in [6.07, 6.45) is 1.35. The Balaban J connectivity index is 1.91. The quantitative estimate of drug-likeness (QED) is 0.266. The van der Waals surface area contributed by atoms with E-state index in [2.05, 4.69) is 26.0 Å². The molecule has 1 aromatic carbocycles. The Bertz CT molecular complexity index is 711. The van der Waals surface area contributed by atoms with Crippen molar-refractivity contribution in [3.63, 3.8) is 0 Å². The molecule has 0 spiro atoms. The largest absolute Gasteiger partial charge is 0.622 e. The number of benzene rings is 1. The van der Waals surface area contributed by atoms with Crippen LogP contribution in [0.4, 0.5) is 0 Å². The molecule has 0 bridgehead atoms. The minimum absolute atomic E-state index is 0.263. The number of thiophene rings is 1. The van der Waals surface area contributed by atoms with E-state index in [0.717, 1.165) is 19.5 Å². The first-order valence-electron chi connectivity index (χ1n) is 7.35. The Hall–Kier alpha value is -1.37. The van der Waals surface area contributed by atoms with Gasteiger partial charge in [0.2, 0.25) is 0 Å². The molecule has 1 atom stereocenters. The van der Waals surface area contributed by atoms with Crippen LogP contribution in [0.2, 0.25) is 0 Å². The van der Waals surface area contributed by atoms with Gasteiger partial charge >= 0.3 is 0 Å². The molecule has 1 aliphatic rings. The number of hydroxylamine groups is 1. The molecular formula is C17H18N2OS3. The molecule has 0 radical (unpaired) electrons. The van der Waals surface area contributed by atoms with Gasteiger partial charge in [-0.1, -0.05) is 60.4 Å². The molecule has 0 saturated carbocycles. The Morgan fingerprint density at radius 3 is 2.65 bits per heavy atom. The zero-order valence-corrected chi connectivity index (χ0v) is 15.5. The van der Waals surface area contributed by atoms with Gasteiger partial charge in [-0.25, -0.2) is 0 Å². The lowest BCUT2D eigenvalue weighted by Crippen LogP contribution is -2.47. The van der Waals surface area contributed by atoms with E-state index in [0.29, 0.717) is 6.54 Å². The molecule has 0 aliphatic carbocycles. The molecule has 0 amide bonds. The van der Waals surface area contributed by atoms with Crippen LogP contribution in [0.25, 0.3) is 0 Å². The van der Waals surface area contributed by atoms with Gasteiger partial charge in [0.25, 0.3) is 6.17 Å². The van der Waals surface area contributed by atoms with Gasteiger partial charge in [-0.2, -0.15) is 4.74 Å². The third-order valence-electron chi connectivity index (χ3n) is 3.74. The van der Waals surface area contributed by atoms with E-state index in [1.54, 1.807) is 29.3 Å². The van der Waals surface area contributed by atoms with E-state index in [-0.39, 0.29) is 10.9 Å². The minimum atomic E-state index is -0.317. The topological polar surface area (TPSA) is 29.3 Å². The third-order valence-corrected chi connectivity index (χ3v) is 6.17. The van der Waals surface area contributed by atoms with Crippen LogP contribution in [0, 0.1) is 5.21 Å². The van der Waals surface area contributed by atoms with Crippen molar-refractivity contribution in [3.8, 4) is 0 Å². The highest BCUT2D eigenvalue weighted by Gasteiger charge is 2.50. The molecular weight excluding hydrogens is 344 g/mol. The number of thioether (sulfide) groups is 1. The molecule has 1 aromatic heterocycles. The van der Waals surface area contributed by atoms with E-state index < -0.39 is 0 Å². The summed E-state index contributed by atoms with van der Waals surface area (Å²) in [5.41, 5.74) is 1.16. The lowest BCUT2D eigenvalue weighted by atomic mass is 10.1. The minimum Gasteiger partial charge on any atom is -0.622 e. The van der Waals surface area contributed by atoms with Crippen molar-refractivity contribution in [2.45, 2.75) is 31.3 Å². The molecule has 3 rings (SSSR count). The number of thiocarbonyl (C=S) groups is 1. The lowest BCUT2D eigenvalue weighted by Gasteiger charge is -2.29. The zero-order chi connectivity index (χ0) is 16.4. The third kappa shape index (κ3) is 3.59. The summed E-state index contributed by atoms with van der Waals surface area (Å²) in [6.45, 7) is 4.80. The number of hydrogen-bond acceptors (Lipinski definition) is 4. The summed E-state index contributed by atoms with van der Waals surface area (Å²) in [5.74, 6) is 0. The summed E-state index contributed by atoms with van der Waals surface area (Å²) in [4.78, 5) is 2.99. The van der Waals surface area contributed by atoms with Gasteiger partial charge in [-0.15, -0.1) is 11.3 Å². The van der Waals surface area contributed by atoms with Gasteiger partial charge in [0.1, 0.15) is 9.07 Å². The van der Waals surface area contributed by atoms with Gasteiger partial charge in [-0.05, 0) is 30.9 Å². The van der Waals surface area contributed by atoms with Crippen molar-refractivity contribution in [2.75, 3.05) is 0 Å². The van der Waals surface area contributed by atoms with Crippen LogP contribution in [-0.4, -0.2) is 31.1 Å². The van der Waals surface area contributed by atoms with Gasteiger partial charge in [0.05, 0.1) is 11.4 Å². The summed E-state index contributed by atoms with van der Waals surface area (Å²) < 4.78 is 1.58. The highest BCUT2D eigenvalue weighted by Crippen LogP contribution is 2.42. The first kappa shape index (κ1) is 16.5. The molecule has 2 heterocycles. The molecule has 2 aromatic rings. The van der Waals surface area contributed by atoms with Crippen LogP contribution in [0.5, 0.6) is 0 Å². The highest BCUT2D eigenvalue weighted by atomic mass is 32.2. The average Bonchev–Trinajstić information content (AvgIpc) is 3.06. The summed E-state index contributed by atoms with van der Waals surface area (Å²) in [5, 5.41) is 14.8. The Morgan fingerprint density at radius 2 is 2.00 bits per heavy atom. The maximum Gasteiger partial charge on any atom is 0.254 e. The van der Waals surface area contributed by atoms with E-state index in [1.807, 2.05) is 40.6 Å². The van der Waals surface area contributed by atoms with E-state index in [1.165, 1.54) is 0 Å². The standard InChI is InChI=1S/C17H18N2OS3/c1-17(2)15(19(20)12-14-9-6-10-22-14)18(16(21)23-17)11-13-7-4-3-5-8-13/h3-10,12,15H,11H2,1-2H3/b19-12-/t15-/m0/s1. The highest BCUT2D eigenvalue weighted by molar-refractivity contribution is 8.24. The Morgan fingerprint density at radius 1 is 1.26 bits per heavy atom. The van der Waals surface area contributed by atoms with Crippen molar-refractivity contribution in [2.24, 2.45) is 0 Å². The molecule has 120 valence electrons. The first-order valence-corrected chi connectivity index (χ1v) is 9.45. The second-order valence-corrected chi connectivity index (χ2v) is 9.23. The average molecular weight is 363 g/mol. The van der Waals surface area contributed by atoms with Crippen molar-refractivity contribution >= 4 is 45.9 Å². The summed E-state index contributed by atoms with van der Waals surface area (Å²) >= 11 is 8.70. The number of rotatable bonds is 4. The molecule has 1 aliphatic heterocycles. The molecule has 0 unspecified atom stereocenters. The molecule has 1 saturated heterocycles. The van der Waals surface area contributed by atoms with Gasteiger partial charge < -0.3 is 5.21 Å². The molecule has 3 nitrogen and oxygen atoms in total. The number of nitrogens with zero attached hydrogens (tertiary/aromatic N) is 2. The van der Waals surface area contributed by atoms with Crippen LogP contribution in [0.3, 0.4) is 0 Å². The first-order chi connectivity index (χ1) is 11.0. The van der Waals surface area contributed by atoms with Gasteiger partial charge in [0.15, 0.2) is 6.21 Å². The van der Waals surface area contributed by atoms with Crippen molar-refractivity contribution < 1.29 is 4.74 Å². The van der Waals surface area contributed by atoms with Crippen molar-refractivity contribution in [3.05, 3.63) is 63.5 Å². The molecule has 1 fully saturated rings. The van der Waals surface area contributed by atoms with Crippen LogP contribution in [0.15, 0.2) is 47.8 Å². The fourth-order valence-electron chi connectivity index (χ4n) is 2.75. The Kier molecular flexibility index (Phi) is 4.75. The lowest BCUT2D eigenvalue weighted by molar-refractivity contribution is -0.524. The van der Waals surface area contributed by atoms with Crippen LogP contribution >= 0.6 is 35.3 Å². The van der Waals surface area contributed by atoms with Crippen LogP contribution < -0.4 is 0 Å². The monoisotopic (exact) mass is 362 g/mol. The van der Waals surface area contributed by atoms with Gasteiger partial charge in [-0.3, -0.25) is 4.90 Å². The molecule has 23 heavy (non-hydrogen) atoms. The Labute approximate surface area is 150 Å². The van der Waals surface area contributed by atoms with Crippen molar-refractivity contribution in [1.29, 1.82) is 0 Å². The fourth-order valence-corrected chi connectivity index (χ4v) is 5.26. The summed E-state index contributed by atoms with van der Waals surface area (Å²) in [6, 6.07) is 14.0. The SMILES string of the molecule is CC1(C)SC(=S)N(Cc2ccccc2)[C@H]1/[N+]([O-])=C/c1cccs1. The zero-order valence-electron chi connectivity index (χ0n) is 13.0. The van der Waals surface area contributed by atoms with Crippen molar-refractivity contribution in [1.82, 2.24) is 4.90 Å². The second-order valence-electron chi connectivity index (χ2n) is 5.96. The second kappa shape index (κ2) is 6.63. The smallest absolute Gasteiger partial charge is 0.254 e. The number of hydrogen-bond donors (Lipinski definition) is 0. The molecule has 6 heteroatoms. The van der Waals surface area contributed by atoms with E-state index >= 15 is 0 Å². The van der Waals surface area contributed by atoms with Crippen LogP contribution in [-0.2, 0) is 6.54 Å². The molecule has 0 N–H and O–H groups in total. The normalized spacial score (nSPS) is 21.0. The maximum absolute atomic E-state index is 12.8. The predicted octanol–water partition coefficient (Wildman–Crippen LogP) is 4.32. The maximum atomic E-state index is 12.8. The van der Waals surface area contributed by atoms with Gasteiger partial charge in [0, 0.05) is 0 Å².